The molecule has 0 fully saturated rings. The summed E-state index contributed by atoms with van der Waals surface area (Å²) < 4.78 is 0. The van der Waals surface area contributed by atoms with Crippen molar-refractivity contribution in [3.63, 3.8) is 0 Å². The van der Waals surface area contributed by atoms with Gasteiger partial charge in [0.15, 0.2) is 0 Å². The zero-order chi connectivity index (χ0) is 20.2. The van der Waals surface area contributed by atoms with Crippen molar-refractivity contribution in [2.45, 2.75) is 33.2 Å². The largest absolute Gasteiger partial charge is 0.348 e. The van der Waals surface area contributed by atoms with Gasteiger partial charge in [0.2, 0.25) is 5.95 Å². The SMILES string of the molecule is CCc1ccc(-c2nc(C)sc2-c2ccnc(NC(C)c3ccccc3)n2)cc1. The van der Waals surface area contributed by atoms with Gasteiger partial charge in [-0.1, -0.05) is 61.5 Å². The lowest BCUT2D eigenvalue weighted by Gasteiger charge is -2.14. The van der Waals surface area contributed by atoms with E-state index in [4.69, 9.17) is 9.97 Å². The van der Waals surface area contributed by atoms with Crippen LogP contribution in [0.1, 0.15) is 36.0 Å². The number of nitrogens with zero attached hydrogens (tertiary/aromatic N) is 3. The van der Waals surface area contributed by atoms with Gasteiger partial charge >= 0.3 is 0 Å². The Balaban J connectivity index is 1.65. The Morgan fingerprint density at radius 3 is 2.45 bits per heavy atom. The van der Waals surface area contributed by atoms with E-state index in [2.05, 4.69) is 60.5 Å². The number of aromatic nitrogens is 3. The summed E-state index contributed by atoms with van der Waals surface area (Å²) in [4.78, 5) is 15.1. The van der Waals surface area contributed by atoms with E-state index in [1.807, 2.05) is 31.2 Å². The Labute approximate surface area is 175 Å². The quantitative estimate of drug-likeness (QED) is 0.412. The fourth-order valence-electron chi connectivity index (χ4n) is 3.27. The second-order valence-electron chi connectivity index (χ2n) is 7.00. The van der Waals surface area contributed by atoms with Crippen LogP contribution in [0.15, 0.2) is 66.9 Å². The van der Waals surface area contributed by atoms with Gasteiger partial charge in [-0.3, -0.25) is 0 Å². The molecule has 2 heterocycles. The molecule has 29 heavy (non-hydrogen) atoms. The minimum absolute atomic E-state index is 0.121. The lowest BCUT2D eigenvalue weighted by molar-refractivity contribution is 0.861. The zero-order valence-corrected chi connectivity index (χ0v) is 17.7. The van der Waals surface area contributed by atoms with Gasteiger partial charge in [0.1, 0.15) is 0 Å². The normalized spacial score (nSPS) is 12.0. The summed E-state index contributed by atoms with van der Waals surface area (Å²) in [5.41, 5.74) is 5.52. The summed E-state index contributed by atoms with van der Waals surface area (Å²) in [7, 11) is 0. The Kier molecular flexibility index (Phi) is 5.67. The first-order chi connectivity index (χ1) is 14.1. The van der Waals surface area contributed by atoms with Crippen LogP contribution in [0.3, 0.4) is 0 Å². The first-order valence-corrected chi connectivity index (χ1v) is 10.7. The van der Waals surface area contributed by atoms with Crippen LogP contribution >= 0.6 is 11.3 Å². The van der Waals surface area contributed by atoms with Crippen molar-refractivity contribution in [3.8, 4) is 21.8 Å². The molecule has 0 radical (unpaired) electrons. The third-order valence-electron chi connectivity index (χ3n) is 4.90. The number of hydrogen-bond donors (Lipinski definition) is 1. The monoisotopic (exact) mass is 400 g/mol. The summed E-state index contributed by atoms with van der Waals surface area (Å²) in [5, 5.41) is 4.44. The van der Waals surface area contributed by atoms with E-state index in [0.29, 0.717) is 5.95 Å². The third kappa shape index (κ3) is 4.35. The predicted octanol–water partition coefficient (Wildman–Crippen LogP) is 6.31. The molecule has 5 heteroatoms. The molecule has 0 aliphatic carbocycles. The molecule has 0 aliphatic rings. The maximum absolute atomic E-state index is 4.79. The summed E-state index contributed by atoms with van der Waals surface area (Å²) in [6.07, 6.45) is 2.84. The molecule has 4 aromatic rings. The first kappa shape index (κ1) is 19.3. The first-order valence-electron chi connectivity index (χ1n) is 9.85. The molecular weight excluding hydrogens is 376 g/mol. The fraction of sp³-hybridized carbons (Fsp3) is 0.208. The van der Waals surface area contributed by atoms with Crippen molar-refractivity contribution in [3.05, 3.63) is 83.0 Å². The van der Waals surface area contributed by atoms with Gasteiger partial charge in [-0.05, 0) is 37.5 Å². The lowest BCUT2D eigenvalue weighted by atomic mass is 10.1. The van der Waals surface area contributed by atoms with Gasteiger partial charge in [0, 0.05) is 11.8 Å². The topological polar surface area (TPSA) is 50.7 Å². The lowest BCUT2D eigenvalue weighted by Crippen LogP contribution is -2.09. The van der Waals surface area contributed by atoms with Gasteiger partial charge in [-0.15, -0.1) is 11.3 Å². The van der Waals surface area contributed by atoms with E-state index in [1.54, 1.807) is 17.5 Å². The molecular formula is C24H24N4S. The van der Waals surface area contributed by atoms with Crippen molar-refractivity contribution in [1.82, 2.24) is 15.0 Å². The smallest absolute Gasteiger partial charge is 0.223 e. The number of aryl methyl sites for hydroxylation is 2. The highest BCUT2D eigenvalue weighted by atomic mass is 32.1. The Morgan fingerprint density at radius 1 is 0.966 bits per heavy atom. The highest BCUT2D eigenvalue weighted by molar-refractivity contribution is 7.15. The van der Waals surface area contributed by atoms with Crippen molar-refractivity contribution < 1.29 is 0 Å². The molecule has 2 aromatic carbocycles. The van der Waals surface area contributed by atoms with Gasteiger partial charge < -0.3 is 5.32 Å². The molecule has 0 bridgehead atoms. The fourth-order valence-corrected chi connectivity index (χ4v) is 4.18. The zero-order valence-electron chi connectivity index (χ0n) is 16.9. The number of anilines is 1. The summed E-state index contributed by atoms with van der Waals surface area (Å²) >= 11 is 1.67. The highest BCUT2D eigenvalue weighted by Crippen LogP contribution is 2.36. The standard InChI is InChI=1S/C24H24N4S/c1-4-18-10-12-20(13-11-18)22-23(29-17(3)27-22)21-14-15-25-24(28-21)26-16(2)19-8-6-5-7-9-19/h5-16H,4H2,1-3H3,(H,25,26,28). The maximum Gasteiger partial charge on any atom is 0.223 e. The van der Waals surface area contributed by atoms with E-state index in [1.165, 1.54) is 11.1 Å². The van der Waals surface area contributed by atoms with Crippen molar-refractivity contribution in [1.29, 1.82) is 0 Å². The molecule has 4 nitrogen and oxygen atoms in total. The van der Waals surface area contributed by atoms with Gasteiger partial charge in [-0.25, -0.2) is 15.0 Å². The average Bonchev–Trinajstić information content (AvgIpc) is 3.16. The van der Waals surface area contributed by atoms with Gasteiger partial charge in [-0.2, -0.15) is 0 Å². The predicted molar refractivity (Wildman–Crippen MR) is 121 cm³/mol. The number of thiazole rings is 1. The second-order valence-corrected chi connectivity index (χ2v) is 8.21. The van der Waals surface area contributed by atoms with E-state index < -0.39 is 0 Å². The number of rotatable bonds is 6. The molecule has 0 spiro atoms. The average molecular weight is 401 g/mol. The van der Waals surface area contributed by atoms with Gasteiger partial charge in [0.25, 0.3) is 0 Å². The summed E-state index contributed by atoms with van der Waals surface area (Å²) in [5.74, 6) is 0.622. The molecule has 4 rings (SSSR count). The molecule has 2 aromatic heterocycles. The van der Waals surface area contributed by atoms with Crippen molar-refractivity contribution in [2.75, 3.05) is 5.32 Å². The van der Waals surface area contributed by atoms with E-state index in [-0.39, 0.29) is 6.04 Å². The molecule has 146 valence electrons. The molecule has 0 saturated carbocycles. The number of hydrogen-bond acceptors (Lipinski definition) is 5. The molecule has 0 amide bonds. The van der Waals surface area contributed by atoms with E-state index in [0.717, 1.165) is 33.3 Å². The number of nitrogens with one attached hydrogen (secondary N) is 1. The van der Waals surface area contributed by atoms with E-state index >= 15 is 0 Å². The molecule has 0 saturated heterocycles. The van der Waals surface area contributed by atoms with Crippen LogP contribution in [0.5, 0.6) is 0 Å². The van der Waals surface area contributed by atoms with Gasteiger partial charge in [0.05, 0.1) is 27.3 Å². The van der Waals surface area contributed by atoms with E-state index in [9.17, 15) is 0 Å². The van der Waals surface area contributed by atoms with Crippen LogP contribution in [0.25, 0.3) is 21.8 Å². The summed E-state index contributed by atoms with van der Waals surface area (Å²) in [6, 6.07) is 21.0. The molecule has 0 aliphatic heterocycles. The minimum atomic E-state index is 0.121. The Bertz CT molecular complexity index is 1090. The minimum Gasteiger partial charge on any atom is -0.348 e. The number of benzene rings is 2. The third-order valence-corrected chi connectivity index (χ3v) is 5.90. The van der Waals surface area contributed by atoms with Crippen molar-refractivity contribution in [2.24, 2.45) is 0 Å². The Hall–Kier alpha value is -3.05. The van der Waals surface area contributed by atoms with Crippen LogP contribution in [0, 0.1) is 6.92 Å². The highest BCUT2D eigenvalue weighted by Gasteiger charge is 2.16. The van der Waals surface area contributed by atoms with Crippen LogP contribution < -0.4 is 5.32 Å². The molecule has 1 unspecified atom stereocenters. The van der Waals surface area contributed by atoms with Crippen LogP contribution in [0.2, 0.25) is 0 Å². The van der Waals surface area contributed by atoms with Crippen LogP contribution in [-0.4, -0.2) is 15.0 Å². The molecule has 1 atom stereocenters. The Morgan fingerprint density at radius 2 is 1.72 bits per heavy atom. The van der Waals surface area contributed by atoms with Crippen LogP contribution in [-0.2, 0) is 6.42 Å². The summed E-state index contributed by atoms with van der Waals surface area (Å²) in [6.45, 7) is 6.32. The van der Waals surface area contributed by atoms with Crippen LogP contribution in [0.4, 0.5) is 5.95 Å². The van der Waals surface area contributed by atoms with Crippen molar-refractivity contribution >= 4 is 17.3 Å². The second kappa shape index (κ2) is 8.53. The maximum atomic E-state index is 4.79. The molecule has 1 N–H and O–H groups in total.